The van der Waals surface area contributed by atoms with Gasteiger partial charge < -0.3 is 4.74 Å². The van der Waals surface area contributed by atoms with Gasteiger partial charge in [0.15, 0.2) is 5.78 Å². The fraction of sp³-hybridized carbons (Fsp3) is 0.105. The summed E-state index contributed by atoms with van der Waals surface area (Å²) in [5.74, 6) is 0.0446. The first-order chi connectivity index (χ1) is 10.7. The molecule has 2 aromatic carbocycles. The second-order valence-corrected chi connectivity index (χ2v) is 6.31. The molecule has 0 saturated carbocycles. The largest absolute Gasteiger partial charge is 0.357 e. The van der Waals surface area contributed by atoms with Gasteiger partial charge >= 0.3 is 0 Å². The van der Waals surface area contributed by atoms with E-state index in [4.69, 9.17) is 4.74 Å². The van der Waals surface area contributed by atoms with Crippen LogP contribution in [0.5, 0.6) is 0 Å². The Morgan fingerprint density at radius 1 is 0.909 bits per heavy atom. The summed E-state index contributed by atoms with van der Waals surface area (Å²) in [6.07, 6.45) is 3.67. The van der Waals surface area contributed by atoms with E-state index in [0.29, 0.717) is 5.56 Å². The zero-order valence-corrected chi connectivity index (χ0v) is 13.3. The van der Waals surface area contributed by atoms with Crippen molar-refractivity contribution in [3.8, 4) is 0 Å². The van der Waals surface area contributed by atoms with Gasteiger partial charge in [0.25, 0.3) is 0 Å². The van der Waals surface area contributed by atoms with Gasteiger partial charge in [0, 0.05) is 21.2 Å². The van der Waals surface area contributed by atoms with Gasteiger partial charge in [-0.05, 0) is 29.8 Å². The van der Waals surface area contributed by atoms with Gasteiger partial charge in [-0.15, -0.1) is 0 Å². The number of hydrogen-bond acceptors (Lipinski definition) is 2. The first kappa shape index (κ1) is 13.7. The van der Waals surface area contributed by atoms with E-state index in [1.807, 2.05) is 66.7 Å². The number of Topliss-reactive ketones (excluding diaryl/α,β-unsaturated/α-hetero) is 1. The van der Waals surface area contributed by atoms with Crippen molar-refractivity contribution in [1.82, 2.24) is 0 Å². The molecule has 0 saturated heterocycles. The lowest BCUT2D eigenvalue weighted by atomic mass is 9.87. The Hall–Kier alpha value is -1.97. The van der Waals surface area contributed by atoms with Gasteiger partial charge in [-0.25, -0.2) is 0 Å². The van der Waals surface area contributed by atoms with Gasteiger partial charge in [-0.1, -0.05) is 58.4 Å². The SMILES string of the molecule is O=C(C1=C(c2ccccc2)C2C=CC1O2)c1ccc(Br)cc1. The van der Waals surface area contributed by atoms with Crippen LogP contribution < -0.4 is 0 Å². The lowest BCUT2D eigenvalue weighted by Gasteiger charge is -2.13. The molecule has 0 spiro atoms. The number of halogens is 1. The molecule has 4 rings (SSSR count). The third-order valence-electron chi connectivity index (χ3n) is 4.05. The molecule has 0 fully saturated rings. The van der Waals surface area contributed by atoms with Crippen LogP contribution in [0.1, 0.15) is 15.9 Å². The Balaban J connectivity index is 1.82. The van der Waals surface area contributed by atoms with Gasteiger partial charge in [0.05, 0.1) is 0 Å². The van der Waals surface area contributed by atoms with Crippen LogP contribution in [-0.2, 0) is 4.74 Å². The standard InChI is InChI=1S/C19H13BrO2/c20-14-8-6-13(7-9-14)19(21)18-16-11-10-15(22-16)17(18)12-4-2-1-3-5-12/h1-11,15-16H. The first-order valence-corrected chi connectivity index (χ1v) is 7.97. The molecule has 2 aliphatic rings. The predicted octanol–water partition coefficient (Wildman–Crippen LogP) is 4.42. The highest BCUT2D eigenvalue weighted by Crippen LogP contribution is 2.41. The third kappa shape index (κ3) is 2.18. The summed E-state index contributed by atoms with van der Waals surface area (Å²) in [5, 5.41) is 0. The topological polar surface area (TPSA) is 26.3 Å². The average molecular weight is 353 g/mol. The van der Waals surface area contributed by atoms with Crippen molar-refractivity contribution in [2.24, 2.45) is 0 Å². The molecule has 2 bridgehead atoms. The second-order valence-electron chi connectivity index (χ2n) is 5.39. The maximum atomic E-state index is 12.9. The molecule has 2 aromatic rings. The monoisotopic (exact) mass is 352 g/mol. The fourth-order valence-electron chi connectivity index (χ4n) is 3.03. The van der Waals surface area contributed by atoms with Crippen LogP contribution in [0.4, 0.5) is 0 Å². The molecule has 0 N–H and O–H groups in total. The fourth-order valence-corrected chi connectivity index (χ4v) is 3.30. The molecule has 108 valence electrons. The minimum atomic E-state index is -0.226. The molecule has 2 heterocycles. The molecule has 2 atom stereocenters. The lowest BCUT2D eigenvalue weighted by Crippen LogP contribution is -2.14. The van der Waals surface area contributed by atoms with Gasteiger partial charge in [0.1, 0.15) is 12.2 Å². The maximum absolute atomic E-state index is 12.9. The Morgan fingerprint density at radius 2 is 1.59 bits per heavy atom. The number of benzene rings is 2. The van der Waals surface area contributed by atoms with Crippen LogP contribution in [-0.4, -0.2) is 18.0 Å². The molecule has 0 radical (unpaired) electrons. The molecule has 2 aliphatic heterocycles. The quantitative estimate of drug-likeness (QED) is 0.603. The van der Waals surface area contributed by atoms with E-state index in [1.165, 1.54) is 0 Å². The van der Waals surface area contributed by atoms with E-state index >= 15 is 0 Å². The molecule has 0 aliphatic carbocycles. The van der Waals surface area contributed by atoms with E-state index in [9.17, 15) is 4.79 Å². The van der Waals surface area contributed by atoms with Crippen LogP contribution in [0.25, 0.3) is 5.57 Å². The van der Waals surface area contributed by atoms with Crippen LogP contribution in [0, 0.1) is 0 Å². The summed E-state index contributed by atoms with van der Waals surface area (Å²) in [7, 11) is 0. The number of ether oxygens (including phenoxy) is 1. The summed E-state index contributed by atoms with van der Waals surface area (Å²) in [6.45, 7) is 0. The average Bonchev–Trinajstić information content (AvgIpc) is 3.17. The van der Waals surface area contributed by atoms with Crippen molar-refractivity contribution in [2.75, 3.05) is 0 Å². The summed E-state index contributed by atoms with van der Waals surface area (Å²) in [6, 6.07) is 17.5. The van der Waals surface area contributed by atoms with Gasteiger partial charge in [-0.2, -0.15) is 0 Å². The van der Waals surface area contributed by atoms with Crippen LogP contribution in [0.2, 0.25) is 0 Å². The number of rotatable bonds is 3. The van der Waals surface area contributed by atoms with Crippen molar-refractivity contribution < 1.29 is 9.53 Å². The summed E-state index contributed by atoms with van der Waals surface area (Å²) >= 11 is 3.40. The number of hydrogen-bond donors (Lipinski definition) is 0. The minimum Gasteiger partial charge on any atom is -0.357 e. The molecule has 0 amide bonds. The Kier molecular flexibility index (Phi) is 3.32. The highest BCUT2D eigenvalue weighted by molar-refractivity contribution is 9.10. The number of carbonyl (C=O) groups excluding carboxylic acids is 1. The molecule has 2 nitrogen and oxygen atoms in total. The molecule has 2 unspecified atom stereocenters. The number of fused-ring (bicyclic) bond motifs is 2. The second kappa shape index (κ2) is 5.34. The number of carbonyl (C=O) groups is 1. The molecule has 22 heavy (non-hydrogen) atoms. The highest BCUT2D eigenvalue weighted by atomic mass is 79.9. The first-order valence-electron chi connectivity index (χ1n) is 7.17. The molecule has 3 heteroatoms. The van der Waals surface area contributed by atoms with Crippen molar-refractivity contribution in [1.29, 1.82) is 0 Å². The maximum Gasteiger partial charge on any atom is 0.192 e. The zero-order valence-electron chi connectivity index (χ0n) is 11.7. The van der Waals surface area contributed by atoms with E-state index in [2.05, 4.69) is 15.9 Å². The normalized spacial score (nSPS) is 22.4. The van der Waals surface area contributed by atoms with Crippen LogP contribution in [0.15, 0.2) is 76.8 Å². The predicted molar refractivity (Wildman–Crippen MR) is 89.6 cm³/mol. The smallest absolute Gasteiger partial charge is 0.192 e. The van der Waals surface area contributed by atoms with Crippen molar-refractivity contribution in [2.45, 2.75) is 12.2 Å². The van der Waals surface area contributed by atoms with Crippen LogP contribution in [0.3, 0.4) is 0 Å². The van der Waals surface area contributed by atoms with Crippen molar-refractivity contribution in [3.05, 3.63) is 87.9 Å². The van der Waals surface area contributed by atoms with E-state index in [1.54, 1.807) is 0 Å². The number of ketones is 1. The third-order valence-corrected chi connectivity index (χ3v) is 4.58. The summed E-state index contributed by atoms with van der Waals surface area (Å²) in [4.78, 5) is 12.9. The molecule has 0 aromatic heterocycles. The highest BCUT2D eigenvalue weighted by Gasteiger charge is 2.40. The Labute approximate surface area is 137 Å². The van der Waals surface area contributed by atoms with Crippen molar-refractivity contribution in [3.63, 3.8) is 0 Å². The lowest BCUT2D eigenvalue weighted by molar-refractivity contribution is 0.0971. The molecular formula is C19H13BrO2. The van der Waals surface area contributed by atoms with E-state index < -0.39 is 0 Å². The Morgan fingerprint density at radius 3 is 2.32 bits per heavy atom. The Bertz CT molecular complexity index is 788. The van der Waals surface area contributed by atoms with E-state index in [0.717, 1.165) is 21.2 Å². The summed E-state index contributed by atoms with van der Waals surface area (Å²) < 4.78 is 6.87. The molecular weight excluding hydrogens is 340 g/mol. The van der Waals surface area contributed by atoms with Crippen LogP contribution >= 0.6 is 15.9 Å². The minimum absolute atomic E-state index is 0.0446. The van der Waals surface area contributed by atoms with Crippen molar-refractivity contribution >= 4 is 27.3 Å². The summed E-state index contributed by atoms with van der Waals surface area (Å²) in [5.41, 5.74) is 3.51. The van der Waals surface area contributed by atoms with Gasteiger partial charge in [-0.3, -0.25) is 4.79 Å². The zero-order chi connectivity index (χ0) is 15.1. The van der Waals surface area contributed by atoms with Gasteiger partial charge in [0.2, 0.25) is 0 Å². The van der Waals surface area contributed by atoms with E-state index in [-0.39, 0.29) is 18.0 Å².